The van der Waals surface area contributed by atoms with Gasteiger partial charge in [-0.3, -0.25) is 0 Å². The zero-order valence-corrected chi connectivity index (χ0v) is 12.5. The van der Waals surface area contributed by atoms with Crippen molar-refractivity contribution in [1.82, 2.24) is 0 Å². The number of benzene rings is 1. The Kier molecular flexibility index (Phi) is 3.68. The van der Waals surface area contributed by atoms with Crippen LogP contribution in [0.2, 0.25) is 5.02 Å². The number of carbonyl (C=O) groups excluding carboxylic acids is 1. The van der Waals surface area contributed by atoms with Gasteiger partial charge in [-0.2, -0.15) is 4.90 Å². The van der Waals surface area contributed by atoms with E-state index in [2.05, 4.69) is 4.98 Å². The quantitative estimate of drug-likeness (QED) is 0.853. The Morgan fingerprint density at radius 2 is 2.05 bits per heavy atom. The summed E-state index contributed by atoms with van der Waals surface area (Å²) >= 11 is 7.57. The fraction of sp³-hybridized carbons (Fsp3) is 0.200. The fourth-order valence-corrected chi connectivity index (χ4v) is 3.60. The summed E-state index contributed by atoms with van der Waals surface area (Å²) in [5.41, 5.74) is 2.14. The monoisotopic (exact) mass is 305 g/mol. The van der Waals surface area contributed by atoms with E-state index in [9.17, 15) is 4.79 Å². The molecule has 1 N–H and O–H groups in total. The smallest absolute Gasteiger partial charge is 0.247 e. The highest BCUT2D eigenvalue weighted by Crippen LogP contribution is 2.41. The average molecular weight is 306 g/mol. The first-order valence-corrected chi connectivity index (χ1v) is 7.76. The van der Waals surface area contributed by atoms with Crippen LogP contribution in [-0.4, -0.2) is 11.7 Å². The summed E-state index contributed by atoms with van der Waals surface area (Å²) in [6, 6.07) is 11.6. The predicted octanol–water partition coefficient (Wildman–Crippen LogP) is 3.24. The normalized spacial score (nSPS) is 18.6. The van der Waals surface area contributed by atoms with E-state index >= 15 is 0 Å². The van der Waals surface area contributed by atoms with Crippen molar-refractivity contribution >= 4 is 35.1 Å². The molecule has 1 saturated heterocycles. The molecule has 0 saturated carbocycles. The Morgan fingerprint density at radius 1 is 1.30 bits per heavy atom. The molecular formula is C15H14ClN2OS+. The van der Waals surface area contributed by atoms with Gasteiger partial charge in [0.05, 0.1) is 6.20 Å². The Labute approximate surface area is 127 Å². The van der Waals surface area contributed by atoms with Crippen LogP contribution in [-0.2, 0) is 4.79 Å². The molecule has 1 atom stereocenters. The van der Waals surface area contributed by atoms with Gasteiger partial charge in [0.25, 0.3) is 5.82 Å². The summed E-state index contributed by atoms with van der Waals surface area (Å²) < 4.78 is 0. The number of rotatable bonds is 2. The number of pyridine rings is 1. The van der Waals surface area contributed by atoms with E-state index in [1.807, 2.05) is 54.4 Å². The molecule has 1 fully saturated rings. The molecule has 0 aliphatic carbocycles. The van der Waals surface area contributed by atoms with Crippen molar-refractivity contribution < 1.29 is 9.78 Å². The number of amides is 1. The molecule has 3 rings (SSSR count). The molecule has 1 amide bonds. The van der Waals surface area contributed by atoms with Crippen molar-refractivity contribution in [2.24, 2.45) is 0 Å². The molecule has 20 heavy (non-hydrogen) atoms. The van der Waals surface area contributed by atoms with E-state index < -0.39 is 0 Å². The Morgan fingerprint density at radius 3 is 2.75 bits per heavy atom. The number of nitrogens with one attached hydrogen (secondary N) is 1. The van der Waals surface area contributed by atoms with Crippen LogP contribution in [0.25, 0.3) is 0 Å². The lowest BCUT2D eigenvalue weighted by atomic mass is 10.2. The number of hydrogen-bond donors (Lipinski definition) is 0. The number of aromatic amines is 1. The number of thioether (sulfide) groups is 1. The predicted molar refractivity (Wildman–Crippen MR) is 81.9 cm³/mol. The van der Waals surface area contributed by atoms with E-state index in [0.717, 1.165) is 16.9 Å². The minimum atomic E-state index is -0.00267. The number of anilines is 1. The second-order valence-corrected chi connectivity index (χ2v) is 6.19. The first-order chi connectivity index (χ1) is 9.66. The van der Waals surface area contributed by atoms with E-state index in [0.29, 0.717) is 10.8 Å². The molecule has 1 aliphatic rings. The van der Waals surface area contributed by atoms with Crippen molar-refractivity contribution in [3.63, 3.8) is 0 Å². The van der Waals surface area contributed by atoms with Crippen molar-refractivity contribution in [2.75, 3.05) is 10.7 Å². The molecule has 0 bridgehead atoms. The first kappa shape index (κ1) is 13.5. The van der Waals surface area contributed by atoms with E-state index in [1.54, 1.807) is 11.8 Å². The SMILES string of the molecule is Cc1ccc[nH+]c1N1C(=O)CSC1c1ccc(Cl)cc1. The van der Waals surface area contributed by atoms with Crippen molar-refractivity contribution in [3.05, 3.63) is 58.7 Å². The molecule has 0 spiro atoms. The average Bonchev–Trinajstić information content (AvgIpc) is 2.82. The topological polar surface area (TPSA) is 34.5 Å². The lowest BCUT2D eigenvalue weighted by Crippen LogP contribution is -2.33. The van der Waals surface area contributed by atoms with E-state index in [1.165, 1.54) is 0 Å². The van der Waals surface area contributed by atoms with Gasteiger partial charge < -0.3 is 0 Å². The third-order valence-corrected chi connectivity index (χ3v) is 4.76. The van der Waals surface area contributed by atoms with Crippen LogP contribution < -0.4 is 9.88 Å². The van der Waals surface area contributed by atoms with Crippen LogP contribution in [0, 0.1) is 6.92 Å². The van der Waals surface area contributed by atoms with Gasteiger partial charge >= 0.3 is 5.91 Å². The molecule has 2 heterocycles. The van der Waals surface area contributed by atoms with Gasteiger partial charge in [-0.05, 0) is 31.2 Å². The van der Waals surface area contributed by atoms with E-state index in [-0.39, 0.29) is 11.3 Å². The molecule has 1 aromatic carbocycles. The minimum Gasteiger partial charge on any atom is -0.247 e. The summed E-state index contributed by atoms with van der Waals surface area (Å²) in [7, 11) is 0. The van der Waals surface area contributed by atoms with Gasteiger partial charge in [-0.25, -0.2) is 9.78 Å². The number of aromatic nitrogens is 1. The summed E-state index contributed by atoms with van der Waals surface area (Å²) in [5.74, 6) is 1.48. The summed E-state index contributed by atoms with van der Waals surface area (Å²) in [5, 5.41) is 0.703. The number of H-pyrrole nitrogens is 1. The lowest BCUT2D eigenvalue weighted by molar-refractivity contribution is -0.364. The zero-order valence-electron chi connectivity index (χ0n) is 11.0. The molecule has 3 nitrogen and oxygen atoms in total. The fourth-order valence-electron chi connectivity index (χ4n) is 2.31. The molecular weight excluding hydrogens is 292 g/mol. The van der Waals surface area contributed by atoms with Gasteiger partial charge in [-0.15, -0.1) is 0 Å². The highest BCUT2D eigenvalue weighted by atomic mass is 35.5. The zero-order chi connectivity index (χ0) is 14.1. The number of nitrogens with zero attached hydrogens (tertiary/aromatic N) is 1. The van der Waals surface area contributed by atoms with Crippen molar-refractivity contribution in [2.45, 2.75) is 12.3 Å². The van der Waals surface area contributed by atoms with Crippen LogP contribution in [0.4, 0.5) is 5.82 Å². The van der Waals surface area contributed by atoms with Crippen LogP contribution in [0.15, 0.2) is 42.6 Å². The maximum absolute atomic E-state index is 12.2. The molecule has 2 aromatic rings. The Balaban J connectivity index is 2.01. The van der Waals surface area contributed by atoms with Crippen LogP contribution in [0.3, 0.4) is 0 Å². The van der Waals surface area contributed by atoms with Gasteiger partial charge in [0, 0.05) is 16.1 Å². The largest absolute Gasteiger partial charge is 0.320 e. The van der Waals surface area contributed by atoms with Crippen LogP contribution in [0.1, 0.15) is 16.5 Å². The summed E-state index contributed by atoms with van der Waals surface area (Å²) in [6.45, 7) is 2.00. The number of halogens is 1. The van der Waals surface area contributed by atoms with Gasteiger partial charge in [0.2, 0.25) is 0 Å². The maximum Gasteiger partial charge on any atom is 0.320 e. The van der Waals surface area contributed by atoms with Gasteiger partial charge in [-0.1, -0.05) is 35.5 Å². The number of hydrogen-bond acceptors (Lipinski definition) is 2. The van der Waals surface area contributed by atoms with Gasteiger partial charge in [0.15, 0.2) is 5.37 Å². The second kappa shape index (κ2) is 5.46. The van der Waals surface area contributed by atoms with Crippen molar-refractivity contribution in [1.29, 1.82) is 0 Å². The van der Waals surface area contributed by atoms with Crippen LogP contribution >= 0.6 is 23.4 Å². The second-order valence-electron chi connectivity index (χ2n) is 4.68. The molecule has 5 heteroatoms. The number of aryl methyl sites for hydroxylation is 1. The third kappa shape index (κ3) is 2.41. The van der Waals surface area contributed by atoms with Gasteiger partial charge in [0.1, 0.15) is 5.75 Å². The third-order valence-electron chi connectivity index (χ3n) is 3.30. The van der Waals surface area contributed by atoms with E-state index in [4.69, 9.17) is 11.6 Å². The molecule has 1 unspecified atom stereocenters. The highest BCUT2D eigenvalue weighted by molar-refractivity contribution is 8.00. The summed E-state index contributed by atoms with van der Waals surface area (Å²) in [4.78, 5) is 17.3. The minimum absolute atomic E-state index is 0.00267. The number of carbonyl (C=O) groups is 1. The maximum atomic E-state index is 12.2. The summed E-state index contributed by atoms with van der Waals surface area (Å²) in [6.07, 6.45) is 1.84. The van der Waals surface area contributed by atoms with Crippen LogP contribution in [0.5, 0.6) is 0 Å². The molecule has 1 aliphatic heterocycles. The highest BCUT2D eigenvalue weighted by Gasteiger charge is 2.42. The Bertz CT molecular complexity index is 645. The molecule has 102 valence electrons. The molecule has 1 aromatic heterocycles. The lowest BCUT2D eigenvalue weighted by Gasteiger charge is -2.17. The standard InChI is InChI=1S/C15H13ClN2OS/c1-10-3-2-8-17-14(10)18-13(19)9-20-15(18)11-4-6-12(16)7-5-11/h2-8,15H,9H2,1H3/p+1. The Hall–Kier alpha value is -1.52. The molecule has 0 radical (unpaired) electrons. The first-order valence-electron chi connectivity index (χ1n) is 6.33. The van der Waals surface area contributed by atoms with Crippen molar-refractivity contribution in [3.8, 4) is 0 Å².